The topological polar surface area (TPSA) is 63.2 Å². The van der Waals surface area contributed by atoms with Gasteiger partial charge in [-0.3, -0.25) is 9.79 Å². The molecule has 1 fully saturated rings. The van der Waals surface area contributed by atoms with Gasteiger partial charge in [-0.05, 0) is 45.2 Å². The molecule has 6 nitrogen and oxygen atoms in total. The van der Waals surface area contributed by atoms with E-state index < -0.39 is 5.60 Å². The standard InChI is InChI=1S/C21H31N3O3.HI/c1-21(2,3)27-19(25)16-9-11-24(14-16)20(22-4)23-13-15-10-12-26-18-8-6-5-7-17(15)18;/h5-8,15-16H,9-14H2,1-4H3,(H,22,23);1H. The molecular formula is C21H32IN3O3. The average Bonchev–Trinajstić information content (AvgIpc) is 3.11. The molecule has 0 aromatic heterocycles. The van der Waals surface area contributed by atoms with Gasteiger partial charge in [0.15, 0.2) is 5.96 Å². The molecule has 1 aromatic carbocycles. The van der Waals surface area contributed by atoms with Gasteiger partial charge in [-0.1, -0.05) is 18.2 Å². The van der Waals surface area contributed by atoms with Crippen molar-refractivity contribution in [1.29, 1.82) is 0 Å². The zero-order chi connectivity index (χ0) is 19.4. The lowest BCUT2D eigenvalue weighted by atomic mass is 9.93. The van der Waals surface area contributed by atoms with Gasteiger partial charge in [0.05, 0.1) is 12.5 Å². The summed E-state index contributed by atoms with van der Waals surface area (Å²) < 4.78 is 11.3. The van der Waals surface area contributed by atoms with Gasteiger partial charge >= 0.3 is 5.97 Å². The highest BCUT2D eigenvalue weighted by Gasteiger charge is 2.33. The van der Waals surface area contributed by atoms with Crippen LogP contribution in [0.4, 0.5) is 0 Å². The van der Waals surface area contributed by atoms with Crippen LogP contribution in [0.15, 0.2) is 29.3 Å². The Morgan fingerprint density at radius 2 is 2.07 bits per heavy atom. The van der Waals surface area contributed by atoms with Crippen molar-refractivity contribution in [1.82, 2.24) is 10.2 Å². The Hall–Kier alpha value is -1.51. The van der Waals surface area contributed by atoms with Crippen LogP contribution >= 0.6 is 24.0 Å². The molecule has 0 aliphatic carbocycles. The Bertz CT molecular complexity index is 702. The highest BCUT2D eigenvalue weighted by molar-refractivity contribution is 14.0. The molecule has 7 heteroatoms. The van der Waals surface area contributed by atoms with Gasteiger partial charge in [-0.2, -0.15) is 0 Å². The second-order valence-electron chi connectivity index (χ2n) is 8.27. The Balaban J connectivity index is 0.00000280. The molecule has 2 unspecified atom stereocenters. The first-order valence-electron chi connectivity index (χ1n) is 9.77. The maximum Gasteiger partial charge on any atom is 0.311 e. The van der Waals surface area contributed by atoms with Gasteiger partial charge in [0.1, 0.15) is 11.4 Å². The molecule has 0 spiro atoms. The highest BCUT2D eigenvalue weighted by Crippen LogP contribution is 2.32. The van der Waals surface area contributed by atoms with E-state index in [0.29, 0.717) is 12.5 Å². The summed E-state index contributed by atoms with van der Waals surface area (Å²) >= 11 is 0. The predicted octanol–water partition coefficient (Wildman–Crippen LogP) is 3.41. The first-order valence-corrected chi connectivity index (χ1v) is 9.77. The maximum atomic E-state index is 12.3. The van der Waals surface area contributed by atoms with Crippen LogP contribution in [0.1, 0.15) is 45.1 Å². The molecule has 1 aromatic rings. The van der Waals surface area contributed by atoms with Crippen molar-refractivity contribution < 1.29 is 14.3 Å². The minimum Gasteiger partial charge on any atom is -0.493 e. The first kappa shape index (κ1) is 22.8. The number of para-hydroxylation sites is 1. The summed E-state index contributed by atoms with van der Waals surface area (Å²) in [6.45, 7) is 8.73. The third kappa shape index (κ3) is 5.75. The summed E-state index contributed by atoms with van der Waals surface area (Å²) in [5, 5.41) is 3.50. The molecule has 2 aliphatic heterocycles. The number of guanidine groups is 1. The van der Waals surface area contributed by atoms with E-state index in [1.165, 1.54) is 5.56 Å². The molecule has 28 heavy (non-hydrogen) atoms. The Morgan fingerprint density at radius 1 is 1.32 bits per heavy atom. The van der Waals surface area contributed by atoms with E-state index in [1.54, 1.807) is 7.05 Å². The van der Waals surface area contributed by atoms with Gasteiger partial charge in [0, 0.05) is 32.6 Å². The van der Waals surface area contributed by atoms with E-state index in [0.717, 1.165) is 44.2 Å². The van der Waals surface area contributed by atoms with Crippen LogP contribution in [0.5, 0.6) is 5.75 Å². The van der Waals surface area contributed by atoms with Crippen molar-refractivity contribution in [2.45, 2.75) is 45.1 Å². The summed E-state index contributed by atoms with van der Waals surface area (Å²) in [6.07, 6.45) is 1.79. The van der Waals surface area contributed by atoms with E-state index >= 15 is 0 Å². The van der Waals surface area contributed by atoms with Gasteiger partial charge < -0.3 is 19.7 Å². The van der Waals surface area contributed by atoms with E-state index in [1.807, 2.05) is 32.9 Å². The first-order chi connectivity index (χ1) is 12.9. The van der Waals surface area contributed by atoms with Crippen LogP contribution in [0, 0.1) is 5.92 Å². The molecule has 2 heterocycles. The normalized spacial score (nSPS) is 22.0. The van der Waals surface area contributed by atoms with Gasteiger partial charge in [-0.15, -0.1) is 24.0 Å². The van der Waals surface area contributed by atoms with Crippen molar-refractivity contribution in [3.63, 3.8) is 0 Å². The number of carbonyl (C=O) groups is 1. The summed E-state index contributed by atoms with van der Waals surface area (Å²) in [7, 11) is 1.79. The van der Waals surface area contributed by atoms with Crippen LogP contribution in [-0.4, -0.2) is 55.7 Å². The molecule has 1 saturated heterocycles. The van der Waals surface area contributed by atoms with E-state index in [-0.39, 0.29) is 35.9 Å². The lowest BCUT2D eigenvalue weighted by Crippen LogP contribution is -2.42. The molecule has 2 atom stereocenters. The monoisotopic (exact) mass is 501 g/mol. The minimum atomic E-state index is -0.444. The number of aliphatic imine (C=N–C) groups is 1. The zero-order valence-electron chi connectivity index (χ0n) is 17.2. The molecule has 0 bridgehead atoms. The maximum absolute atomic E-state index is 12.3. The van der Waals surface area contributed by atoms with Crippen molar-refractivity contribution in [2.75, 3.05) is 33.3 Å². The lowest BCUT2D eigenvalue weighted by Gasteiger charge is -2.28. The average molecular weight is 501 g/mol. The number of benzene rings is 1. The number of halogens is 1. The van der Waals surface area contributed by atoms with Crippen molar-refractivity contribution in [3.05, 3.63) is 29.8 Å². The summed E-state index contributed by atoms with van der Waals surface area (Å²) in [5.41, 5.74) is 0.806. The fraction of sp³-hybridized carbons (Fsp3) is 0.619. The van der Waals surface area contributed by atoms with Crippen molar-refractivity contribution in [2.24, 2.45) is 10.9 Å². The Kier molecular flexibility index (Phi) is 7.97. The third-order valence-electron chi connectivity index (χ3n) is 5.03. The Morgan fingerprint density at radius 3 is 2.79 bits per heavy atom. The molecule has 0 amide bonds. The molecular weight excluding hydrogens is 469 g/mol. The zero-order valence-corrected chi connectivity index (χ0v) is 19.6. The third-order valence-corrected chi connectivity index (χ3v) is 5.03. The SMILES string of the molecule is CN=C(NCC1CCOc2ccccc21)N1CCC(C(=O)OC(C)(C)C)C1.I. The number of nitrogens with zero attached hydrogens (tertiary/aromatic N) is 2. The van der Waals surface area contributed by atoms with Crippen molar-refractivity contribution >= 4 is 35.9 Å². The fourth-order valence-electron chi connectivity index (χ4n) is 3.70. The van der Waals surface area contributed by atoms with Crippen LogP contribution in [0.25, 0.3) is 0 Å². The molecule has 0 radical (unpaired) electrons. The van der Waals surface area contributed by atoms with E-state index in [2.05, 4.69) is 27.3 Å². The number of likely N-dealkylation sites (tertiary alicyclic amines) is 1. The number of fused-ring (bicyclic) bond motifs is 1. The van der Waals surface area contributed by atoms with Gasteiger partial charge in [0.25, 0.3) is 0 Å². The molecule has 0 saturated carbocycles. The quantitative estimate of drug-likeness (QED) is 0.298. The smallest absolute Gasteiger partial charge is 0.311 e. The molecule has 2 aliphatic rings. The fourth-order valence-corrected chi connectivity index (χ4v) is 3.70. The van der Waals surface area contributed by atoms with Crippen LogP contribution < -0.4 is 10.1 Å². The van der Waals surface area contributed by atoms with Crippen LogP contribution in [-0.2, 0) is 9.53 Å². The van der Waals surface area contributed by atoms with Crippen LogP contribution in [0.2, 0.25) is 0 Å². The highest BCUT2D eigenvalue weighted by atomic mass is 127. The predicted molar refractivity (Wildman–Crippen MR) is 122 cm³/mol. The molecule has 1 N–H and O–H groups in total. The molecule has 3 rings (SSSR count). The number of nitrogens with one attached hydrogen (secondary N) is 1. The number of carbonyl (C=O) groups excluding carboxylic acids is 1. The van der Waals surface area contributed by atoms with E-state index in [9.17, 15) is 4.79 Å². The van der Waals surface area contributed by atoms with Gasteiger partial charge in [-0.25, -0.2) is 0 Å². The van der Waals surface area contributed by atoms with Gasteiger partial charge in [0.2, 0.25) is 0 Å². The number of hydrogen-bond acceptors (Lipinski definition) is 4. The van der Waals surface area contributed by atoms with Crippen LogP contribution in [0.3, 0.4) is 0 Å². The number of rotatable bonds is 3. The Labute approximate surface area is 185 Å². The second kappa shape index (κ2) is 9.80. The number of hydrogen-bond donors (Lipinski definition) is 1. The van der Waals surface area contributed by atoms with E-state index in [4.69, 9.17) is 9.47 Å². The molecule has 156 valence electrons. The largest absolute Gasteiger partial charge is 0.493 e. The summed E-state index contributed by atoms with van der Waals surface area (Å²) in [5.74, 6) is 2.03. The summed E-state index contributed by atoms with van der Waals surface area (Å²) in [4.78, 5) is 18.9. The minimum absolute atomic E-state index is 0. The summed E-state index contributed by atoms with van der Waals surface area (Å²) in [6, 6.07) is 8.23. The number of ether oxygens (including phenoxy) is 2. The number of esters is 1. The second-order valence-corrected chi connectivity index (χ2v) is 8.27. The lowest BCUT2D eigenvalue weighted by molar-refractivity contribution is -0.159. The van der Waals surface area contributed by atoms with Crippen molar-refractivity contribution in [3.8, 4) is 5.75 Å².